The van der Waals surface area contributed by atoms with Crippen molar-refractivity contribution >= 4 is 44.7 Å². The minimum atomic E-state index is -0.113. The number of carbonyl (C=O) groups excluding carboxylic acids is 1. The zero-order valence-corrected chi connectivity index (χ0v) is 12.8. The molecule has 0 aliphatic carbocycles. The number of fused-ring (bicyclic) bond motifs is 1. The molecule has 1 amide bonds. The normalized spacial score (nSPS) is 11.0. The van der Waals surface area contributed by atoms with Crippen LogP contribution in [0, 0.1) is 6.92 Å². The zero-order valence-electron chi connectivity index (χ0n) is 11.2. The summed E-state index contributed by atoms with van der Waals surface area (Å²) < 4.78 is 5.96. The molecule has 0 unspecified atom stereocenters. The lowest BCUT2D eigenvalue weighted by Crippen LogP contribution is -2.13. The fourth-order valence-corrected chi connectivity index (χ4v) is 3.12. The van der Waals surface area contributed by atoms with Gasteiger partial charge in [0.2, 0.25) is 11.1 Å². The second-order valence-corrected chi connectivity index (χ2v) is 5.85. The molecule has 0 saturated heterocycles. The number of aryl methyl sites for hydroxylation is 1. The van der Waals surface area contributed by atoms with E-state index in [0.717, 1.165) is 15.6 Å². The van der Waals surface area contributed by atoms with Gasteiger partial charge in [0, 0.05) is 28.3 Å². The van der Waals surface area contributed by atoms with Crippen molar-refractivity contribution in [3.05, 3.63) is 40.2 Å². The SMILES string of the molecule is Cc1noc(Cl)c1CCC(=O)Nc1nccc2sccc12. The zero-order chi connectivity index (χ0) is 14.8. The van der Waals surface area contributed by atoms with Crippen LogP contribution >= 0.6 is 22.9 Å². The number of hydrogen-bond acceptors (Lipinski definition) is 5. The van der Waals surface area contributed by atoms with E-state index in [-0.39, 0.29) is 11.1 Å². The van der Waals surface area contributed by atoms with Crippen LogP contribution in [0.3, 0.4) is 0 Å². The van der Waals surface area contributed by atoms with E-state index >= 15 is 0 Å². The fourth-order valence-electron chi connectivity index (χ4n) is 2.07. The van der Waals surface area contributed by atoms with Gasteiger partial charge in [-0.15, -0.1) is 11.3 Å². The predicted octanol–water partition coefficient (Wildman–Crippen LogP) is 3.82. The maximum atomic E-state index is 12.1. The monoisotopic (exact) mass is 321 g/mol. The fraction of sp³-hybridized carbons (Fsp3) is 0.214. The van der Waals surface area contributed by atoms with Crippen LogP contribution in [0.1, 0.15) is 17.7 Å². The standard InChI is InChI=1S/C14H12ClN3O2S/c1-8-9(13(15)20-18-8)2-3-12(19)17-14-10-5-7-21-11(10)4-6-16-14/h4-7H,2-3H2,1H3,(H,16,17,19). The number of pyridine rings is 1. The second kappa shape index (κ2) is 5.83. The number of nitrogens with zero attached hydrogens (tertiary/aromatic N) is 2. The molecule has 0 aliphatic rings. The number of amides is 1. The van der Waals surface area contributed by atoms with Gasteiger partial charge < -0.3 is 9.84 Å². The van der Waals surface area contributed by atoms with Gasteiger partial charge in [0.15, 0.2) is 0 Å². The molecule has 3 aromatic rings. The molecule has 108 valence electrons. The summed E-state index contributed by atoms with van der Waals surface area (Å²) in [5.41, 5.74) is 1.49. The van der Waals surface area contributed by atoms with Crippen molar-refractivity contribution in [1.82, 2.24) is 10.1 Å². The van der Waals surface area contributed by atoms with Crippen LogP contribution in [0.25, 0.3) is 10.1 Å². The highest BCUT2D eigenvalue weighted by Gasteiger charge is 2.13. The molecular formula is C14H12ClN3O2S. The highest BCUT2D eigenvalue weighted by molar-refractivity contribution is 7.17. The van der Waals surface area contributed by atoms with Gasteiger partial charge in [-0.3, -0.25) is 4.79 Å². The van der Waals surface area contributed by atoms with Gasteiger partial charge in [-0.1, -0.05) is 5.16 Å². The van der Waals surface area contributed by atoms with Crippen LogP contribution < -0.4 is 5.32 Å². The number of nitrogens with one attached hydrogen (secondary N) is 1. The Bertz CT molecular complexity index is 777. The average Bonchev–Trinajstić information content (AvgIpc) is 3.05. The smallest absolute Gasteiger partial charge is 0.229 e. The van der Waals surface area contributed by atoms with E-state index in [0.29, 0.717) is 24.4 Å². The molecule has 1 N–H and O–H groups in total. The Balaban J connectivity index is 1.68. The molecule has 3 rings (SSSR count). The summed E-state index contributed by atoms with van der Waals surface area (Å²) in [6.07, 6.45) is 2.47. The molecule has 21 heavy (non-hydrogen) atoms. The van der Waals surface area contributed by atoms with Crippen molar-refractivity contribution in [2.45, 2.75) is 19.8 Å². The molecule has 0 spiro atoms. The Labute approximate surface area is 129 Å². The van der Waals surface area contributed by atoms with E-state index < -0.39 is 0 Å². The number of rotatable bonds is 4. The number of hydrogen-bond donors (Lipinski definition) is 1. The van der Waals surface area contributed by atoms with Crippen molar-refractivity contribution in [3.63, 3.8) is 0 Å². The molecule has 5 nitrogen and oxygen atoms in total. The van der Waals surface area contributed by atoms with Crippen LogP contribution in [0.2, 0.25) is 5.22 Å². The van der Waals surface area contributed by atoms with Gasteiger partial charge >= 0.3 is 0 Å². The van der Waals surface area contributed by atoms with Gasteiger partial charge in [0.05, 0.1) is 5.69 Å². The maximum Gasteiger partial charge on any atom is 0.229 e. The highest BCUT2D eigenvalue weighted by Crippen LogP contribution is 2.26. The molecule has 0 atom stereocenters. The highest BCUT2D eigenvalue weighted by atomic mass is 35.5. The molecule has 0 saturated carbocycles. The van der Waals surface area contributed by atoms with Gasteiger partial charge in [0.1, 0.15) is 5.82 Å². The van der Waals surface area contributed by atoms with Crippen LogP contribution in [-0.4, -0.2) is 16.0 Å². The molecule has 7 heteroatoms. The third-order valence-electron chi connectivity index (χ3n) is 3.18. The van der Waals surface area contributed by atoms with Crippen molar-refractivity contribution in [2.24, 2.45) is 0 Å². The minimum absolute atomic E-state index is 0.113. The summed E-state index contributed by atoms with van der Waals surface area (Å²) in [4.78, 5) is 16.3. The van der Waals surface area contributed by atoms with Gasteiger partial charge in [-0.05, 0) is 42.5 Å². The first kappa shape index (κ1) is 14.0. The molecular weight excluding hydrogens is 310 g/mol. The van der Waals surface area contributed by atoms with E-state index in [1.165, 1.54) is 0 Å². The molecule has 0 bridgehead atoms. The van der Waals surface area contributed by atoms with Crippen molar-refractivity contribution < 1.29 is 9.32 Å². The second-order valence-electron chi connectivity index (χ2n) is 4.56. The van der Waals surface area contributed by atoms with E-state index in [1.807, 2.05) is 17.5 Å². The predicted molar refractivity (Wildman–Crippen MR) is 82.8 cm³/mol. The first-order valence-corrected chi connectivity index (χ1v) is 7.63. The summed E-state index contributed by atoms with van der Waals surface area (Å²) in [5, 5.41) is 9.77. The number of carbonyl (C=O) groups is 1. The van der Waals surface area contributed by atoms with Gasteiger partial charge in [-0.2, -0.15) is 0 Å². The summed E-state index contributed by atoms with van der Waals surface area (Å²) in [5.74, 6) is 0.477. The van der Waals surface area contributed by atoms with Crippen molar-refractivity contribution in [2.75, 3.05) is 5.32 Å². The lowest BCUT2D eigenvalue weighted by molar-refractivity contribution is -0.116. The van der Waals surface area contributed by atoms with E-state index in [1.54, 1.807) is 24.5 Å². The molecule has 0 aromatic carbocycles. The third-order valence-corrected chi connectivity index (χ3v) is 4.36. The van der Waals surface area contributed by atoms with Crippen molar-refractivity contribution in [3.8, 4) is 0 Å². The quantitative estimate of drug-likeness (QED) is 0.793. The topological polar surface area (TPSA) is 68.0 Å². The Hall–Kier alpha value is -1.92. The lowest BCUT2D eigenvalue weighted by Gasteiger charge is -2.05. The first-order valence-electron chi connectivity index (χ1n) is 6.38. The maximum absolute atomic E-state index is 12.1. The largest absolute Gasteiger partial charge is 0.344 e. The van der Waals surface area contributed by atoms with E-state index in [4.69, 9.17) is 16.1 Å². The van der Waals surface area contributed by atoms with Crippen LogP contribution in [-0.2, 0) is 11.2 Å². The van der Waals surface area contributed by atoms with Gasteiger partial charge in [-0.25, -0.2) is 4.98 Å². The Morgan fingerprint density at radius 3 is 3.10 bits per heavy atom. The minimum Gasteiger partial charge on any atom is -0.344 e. The van der Waals surface area contributed by atoms with Crippen LogP contribution in [0.4, 0.5) is 5.82 Å². The van der Waals surface area contributed by atoms with Crippen molar-refractivity contribution in [1.29, 1.82) is 0 Å². The van der Waals surface area contributed by atoms with E-state index in [2.05, 4.69) is 15.5 Å². The molecule has 0 aliphatic heterocycles. The summed E-state index contributed by atoms with van der Waals surface area (Å²) >= 11 is 7.49. The number of halogens is 1. The molecule has 3 aromatic heterocycles. The lowest BCUT2D eigenvalue weighted by atomic mass is 10.1. The number of aromatic nitrogens is 2. The molecule has 0 fully saturated rings. The summed E-state index contributed by atoms with van der Waals surface area (Å²) in [6.45, 7) is 1.80. The molecule has 3 heterocycles. The summed E-state index contributed by atoms with van der Waals surface area (Å²) in [7, 11) is 0. The number of anilines is 1. The molecule has 0 radical (unpaired) electrons. The van der Waals surface area contributed by atoms with Crippen LogP contribution in [0.5, 0.6) is 0 Å². The van der Waals surface area contributed by atoms with Crippen LogP contribution in [0.15, 0.2) is 28.2 Å². The summed E-state index contributed by atoms with van der Waals surface area (Å²) in [6, 6.07) is 3.87. The number of thiophene rings is 1. The first-order chi connectivity index (χ1) is 10.1. The third kappa shape index (κ3) is 2.91. The Morgan fingerprint density at radius 1 is 1.48 bits per heavy atom. The van der Waals surface area contributed by atoms with Gasteiger partial charge in [0.25, 0.3) is 0 Å². The Morgan fingerprint density at radius 2 is 2.33 bits per heavy atom. The Kier molecular flexibility index (Phi) is 3.90. The van der Waals surface area contributed by atoms with E-state index in [9.17, 15) is 4.79 Å². The average molecular weight is 322 g/mol.